The molecule has 3 nitrogen and oxygen atoms in total. The van der Waals surface area contributed by atoms with Gasteiger partial charge in [-0.25, -0.2) is 0 Å². The maximum absolute atomic E-state index is 9.43. The Morgan fingerprint density at radius 3 is 2.29 bits per heavy atom. The van der Waals surface area contributed by atoms with E-state index in [0.29, 0.717) is 5.69 Å². The van der Waals surface area contributed by atoms with Gasteiger partial charge < -0.3 is 16.2 Å². The van der Waals surface area contributed by atoms with Crippen LogP contribution in [0.5, 0.6) is 0 Å². The largest absolute Gasteiger partial charge is 0.397 e. The van der Waals surface area contributed by atoms with E-state index in [1.54, 1.807) is 0 Å². The lowest BCUT2D eigenvalue weighted by molar-refractivity contribution is 0.276. The quantitative estimate of drug-likeness (QED) is 0.704. The van der Waals surface area contributed by atoms with Gasteiger partial charge in [-0.05, 0) is 17.7 Å². The number of hydrogen-bond donors (Lipinski definition) is 3. The molecule has 0 heterocycles. The molecule has 17 heavy (non-hydrogen) atoms. The summed E-state index contributed by atoms with van der Waals surface area (Å²) in [5.41, 5.74) is 8.42. The standard InChI is InChI=1S/C14H16N2O/c15-12-8-4-5-9-13(12)16-14(10-17)11-6-2-1-3-7-11/h1-9,14,16-17H,10,15H2. The minimum atomic E-state index is -0.138. The van der Waals surface area contributed by atoms with Crippen molar-refractivity contribution in [3.8, 4) is 0 Å². The predicted molar refractivity (Wildman–Crippen MR) is 70.7 cm³/mol. The summed E-state index contributed by atoms with van der Waals surface area (Å²) in [6.07, 6.45) is 0. The Morgan fingerprint density at radius 2 is 1.65 bits per heavy atom. The van der Waals surface area contributed by atoms with Crippen LogP contribution in [0.3, 0.4) is 0 Å². The third kappa shape index (κ3) is 2.77. The van der Waals surface area contributed by atoms with Crippen molar-refractivity contribution in [2.45, 2.75) is 6.04 Å². The zero-order valence-electron chi connectivity index (χ0n) is 9.51. The fourth-order valence-electron chi connectivity index (χ4n) is 1.74. The molecule has 0 aliphatic carbocycles. The molecule has 2 aromatic carbocycles. The highest BCUT2D eigenvalue weighted by Crippen LogP contribution is 2.23. The van der Waals surface area contributed by atoms with Crippen LogP contribution in [0.15, 0.2) is 54.6 Å². The highest BCUT2D eigenvalue weighted by atomic mass is 16.3. The number of para-hydroxylation sites is 2. The zero-order chi connectivity index (χ0) is 12.1. The molecule has 0 bridgehead atoms. The SMILES string of the molecule is Nc1ccccc1NC(CO)c1ccccc1. The third-order valence-electron chi connectivity index (χ3n) is 2.68. The van der Waals surface area contributed by atoms with Gasteiger partial charge in [-0.3, -0.25) is 0 Å². The summed E-state index contributed by atoms with van der Waals surface area (Å²) >= 11 is 0. The van der Waals surface area contributed by atoms with E-state index in [9.17, 15) is 5.11 Å². The second-order valence-corrected chi connectivity index (χ2v) is 3.88. The third-order valence-corrected chi connectivity index (χ3v) is 2.68. The van der Waals surface area contributed by atoms with Gasteiger partial charge in [0.05, 0.1) is 24.0 Å². The van der Waals surface area contributed by atoms with Gasteiger partial charge in [0.2, 0.25) is 0 Å². The fraction of sp³-hybridized carbons (Fsp3) is 0.143. The Morgan fingerprint density at radius 1 is 1.00 bits per heavy atom. The molecule has 88 valence electrons. The molecule has 2 aromatic rings. The molecule has 0 radical (unpaired) electrons. The maximum Gasteiger partial charge on any atom is 0.0745 e. The second-order valence-electron chi connectivity index (χ2n) is 3.88. The molecule has 1 unspecified atom stereocenters. The first-order chi connectivity index (χ1) is 8.31. The lowest BCUT2D eigenvalue weighted by atomic mass is 10.1. The molecule has 3 heteroatoms. The van der Waals surface area contributed by atoms with Crippen LogP contribution in [0.25, 0.3) is 0 Å². The average Bonchev–Trinajstić information content (AvgIpc) is 2.39. The number of nitrogens with two attached hydrogens (primary N) is 1. The highest BCUT2D eigenvalue weighted by Gasteiger charge is 2.10. The Bertz CT molecular complexity index is 471. The number of rotatable bonds is 4. The minimum Gasteiger partial charge on any atom is -0.397 e. The van der Waals surface area contributed by atoms with Crippen LogP contribution in [0, 0.1) is 0 Å². The van der Waals surface area contributed by atoms with E-state index in [0.717, 1.165) is 11.3 Å². The van der Waals surface area contributed by atoms with E-state index >= 15 is 0 Å². The van der Waals surface area contributed by atoms with Crippen LogP contribution < -0.4 is 11.1 Å². The van der Waals surface area contributed by atoms with E-state index in [-0.39, 0.29) is 12.6 Å². The molecule has 0 aromatic heterocycles. The molecule has 1 atom stereocenters. The molecule has 0 aliphatic heterocycles. The minimum absolute atomic E-state index is 0.0261. The second kappa shape index (κ2) is 5.37. The smallest absolute Gasteiger partial charge is 0.0745 e. The van der Waals surface area contributed by atoms with E-state index in [1.165, 1.54) is 0 Å². The molecule has 4 N–H and O–H groups in total. The monoisotopic (exact) mass is 228 g/mol. The lowest BCUT2D eigenvalue weighted by Gasteiger charge is -2.19. The maximum atomic E-state index is 9.43. The average molecular weight is 228 g/mol. The fourth-order valence-corrected chi connectivity index (χ4v) is 1.74. The van der Waals surface area contributed by atoms with Gasteiger partial charge in [0.15, 0.2) is 0 Å². The summed E-state index contributed by atoms with van der Waals surface area (Å²) in [5, 5.41) is 12.7. The van der Waals surface area contributed by atoms with Crippen LogP contribution in [0.1, 0.15) is 11.6 Å². The number of nitrogens with one attached hydrogen (secondary N) is 1. The van der Waals surface area contributed by atoms with Crippen molar-refractivity contribution >= 4 is 11.4 Å². The van der Waals surface area contributed by atoms with Crippen molar-refractivity contribution in [1.82, 2.24) is 0 Å². The molecular weight excluding hydrogens is 212 g/mol. The first-order valence-electron chi connectivity index (χ1n) is 5.58. The number of aliphatic hydroxyl groups excluding tert-OH is 1. The Hall–Kier alpha value is -2.00. The molecule has 2 rings (SSSR count). The summed E-state index contributed by atoms with van der Waals surface area (Å²) in [4.78, 5) is 0. The normalized spacial score (nSPS) is 12.1. The van der Waals surface area contributed by atoms with Crippen molar-refractivity contribution in [3.05, 3.63) is 60.2 Å². The van der Waals surface area contributed by atoms with Crippen LogP contribution in [0.2, 0.25) is 0 Å². The van der Waals surface area contributed by atoms with E-state index in [2.05, 4.69) is 5.32 Å². The predicted octanol–water partition coefficient (Wildman–Crippen LogP) is 2.41. The molecule has 0 amide bonds. The first kappa shape index (κ1) is 11.5. The summed E-state index contributed by atoms with van der Waals surface area (Å²) < 4.78 is 0. The van der Waals surface area contributed by atoms with Gasteiger partial charge in [0, 0.05) is 0 Å². The summed E-state index contributed by atoms with van der Waals surface area (Å²) in [6.45, 7) is 0.0261. The van der Waals surface area contributed by atoms with E-state index in [1.807, 2.05) is 54.6 Å². The van der Waals surface area contributed by atoms with Gasteiger partial charge >= 0.3 is 0 Å². The summed E-state index contributed by atoms with van der Waals surface area (Å²) in [6, 6.07) is 17.2. The van der Waals surface area contributed by atoms with Gasteiger partial charge in [-0.1, -0.05) is 42.5 Å². The van der Waals surface area contributed by atoms with Gasteiger partial charge in [0.1, 0.15) is 0 Å². The Kier molecular flexibility index (Phi) is 3.62. The van der Waals surface area contributed by atoms with Crippen LogP contribution >= 0.6 is 0 Å². The van der Waals surface area contributed by atoms with Crippen LogP contribution in [-0.2, 0) is 0 Å². The number of anilines is 2. The van der Waals surface area contributed by atoms with Crippen molar-refractivity contribution in [2.75, 3.05) is 17.7 Å². The molecule has 0 saturated carbocycles. The number of nitrogen functional groups attached to an aromatic ring is 1. The highest BCUT2D eigenvalue weighted by molar-refractivity contribution is 5.66. The number of hydrogen-bond acceptors (Lipinski definition) is 3. The molecule has 0 saturated heterocycles. The van der Waals surface area contributed by atoms with Crippen LogP contribution in [-0.4, -0.2) is 11.7 Å². The van der Waals surface area contributed by atoms with Crippen molar-refractivity contribution in [3.63, 3.8) is 0 Å². The number of aliphatic hydroxyl groups is 1. The Balaban J connectivity index is 2.19. The van der Waals surface area contributed by atoms with Gasteiger partial charge in [0.25, 0.3) is 0 Å². The van der Waals surface area contributed by atoms with Gasteiger partial charge in [-0.15, -0.1) is 0 Å². The summed E-state index contributed by atoms with van der Waals surface area (Å²) in [5.74, 6) is 0. The lowest BCUT2D eigenvalue weighted by Crippen LogP contribution is -2.15. The summed E-state index contributed by atoms with van der Waals surface area (Å²) in [7, 11) is 0. The Labute approximate surface area is 101 Å². The molecule has 0 fully saturated rings. The molecular formula is C14H16N2O. The van der Waals surface area contributed by atoms with Crippen molar-refractivity contribution in [2.24, 2.45) is 0 Å². The van der Waals surface area contributed by atoms with E-state index in [4.69, 9.17) is 5.73 Å². The molecule has 0 spiro atoms. The van der Waals surface area contributed by atoms with Crippen molar-refractivity contribution < 1.29 is 5.11 Å². The topological polar surface area (TPSA) is 58.3 Å². The van der Waals surface area contributed by atoms with E-state index < -0.39 is 0 Å². The zero-order valence-corrected chi connectivity index (χ0v) is 9.51. The number of benzene rings is 2. The van der Waals surface area contributed by atoms with Gasteiger partial charge in [-0.2, -0.15) is 0 Å². The van der Waals surface area contributed by atoms with Crippen LogP contribution in [0.4, 0.5) is 11.4 Å². The van der Waals surface area contributed by atoms with Crippen molar-refractivity contribution in [1.29, 1.82) is 0 Å². The molecule has 0 aliphatic rings. The first-order valence-corrected chi connectivity index (χ1v) is 5.58.